The van der Waals surface area contributed by atoms with Gasteiger partial charge in [0.1, 0.15) is 5.76 Å². The molecule has 0 bridgehead atoms. The lowest BCUT2D eigenvalue weighted by Gasteiger charge is -2.09. The third-order valence-electron chi connectivity index (χ3n) is 4.90. The Balaban J connectivity index is 1.66. The van der Waals surface area contributed by atoms with Crippen molar-refractivity contribution in [1.82, 2.24) is 0 Å². The minimum atomic E-state index is -0.0956. The fraction of sp³-hybridized carbons (Fsp3) is 0.167. The highest BCUT2D eigenvalue weighted by molar-refractivity contribution is 5.89. The van der Waals surface area contributed by atoms with E-state index in [1.807, 2.05) is 24.3 Å². The lowest BCUT2D eigenvalue weighted by Crippen LogP contribution is -1.94. The SMILES string of the molecule is COc1cc(CO)c2cc(Cc3ccc(-c4ccccc4)cc3)oc2c1OC. The van der Waals surface area contributed by atoms with Gasteiger partial charge in [-0.1, -0.05) is 54.6 Å². The van der Waals surface area contributed by atoms with Gasteiger partial charge in [0.05, 0.1) is 20.8 Å². The molecule has 0 amide bonds. The van der Waals surface area contributed by atoms with Crippen LogP contribution in [0.25, 0.3) is 22.1 Å². The summed E-state index contributed by atoms with van der Waals surface area (Å²) in [6.07, 6.45) is 0.653. The summed E-state index contributed by atoms with van der Waals surface area (Å²) >= 11 is 0. The first kappa shape index (κ1) is 18.1. The molecule has 1 N–H and O–H groups in total. The second kappa shape index (κ2) is 7.79. The Morgan fingerprint density at radius 3 is 2.21 bits per heavy atom. The molecule has 0 spiro atoms. The predicted octanol–water partition coefficient (Wildman–Crippen LogP) is 5.20. The van der Waals surface area contributed by atoms with Crippen LogP contribution in [0.3, 0.4) is 0 Å². The minimum Gasteiger partial charge on any atom is -0.493 e. The number of hydrogen-bond donors (Lipinski definition) is 1. The molecule has 4 nitrogen and oxygen atoms in total. The maximum atomic E-state index is 9.72. The molecular weight excluding hydrogens is 352 g/mol. The van der Waals surface area contributed by atoms with Gasteiger partial charge in [-0.05, 0) is 34.4 Å². The van der Waals surface area contributed by atoms with Gasteiger partial charge in [0, 0.05) is 11.8 Å². The fourth-order valence-electron chi connectivity index (χ4n) is 3.47. The van der Waals surface area contributed by atoms with Crippen LogP contribution < -0.4 is 9.47 Å². The highest BCUT2D eigenvalue weighted by Crippen LogP contribution is 2.40. The van der Waals surface area contributed by atoms with Gasteiger partial charge < -0.3 is 19.0 Å². The summed E-state index contributed by atoms with van der Waals surface area (Å²) < 4.78 is 16.9. The summed E-state index contributed by atoms with van der Waals surface area (Å²) in [5.41, 5.74) is 4.88. The zero-order chi connectivity index (χ0) is 19.5. The van der Waals surface area contributed by atoms with Crippen molar-refractivity contribution in [2.24, 2.45) is 0 Å². The smallest absolute Gasteiger partial charge is 0.204 e. The highest BCUT2D eigenvalue weighted by atomic mass is 16.5. The molecule has 142 valence electrons. The van der Waals surface area contributed by atoms with Gasteiger partial charge in [-0.15, -0.1) is 0 Å². The van der Waals surface area contributed by atoms with Crippen molar-refractivity contribution in [1.29, 1.82) is 0 Å². The first-order valence-corrected chi connectivity index (χ1v) is 9.15. The van der Waals surface area contributed by atoms with E-state index in [2.05, 4.69) is 36.4 Å². The van der Waals surface area contributed by atoms with Crippen molar-refractivity contribution in [3.8, 4) is 22.6 Å². The summed E-state index contributed by atoms with van der Waals surface area (Å²) in [6.45, 7) is -0.0956. The van der Waals surface area contributed by atoms with E-state index in [9.17, 15) is 5.11 Å². The van der Waals surface area contributed by atoms with Gasteiger partial charge in [-0.2, -0.15) is 0 Å². The summed E-state index contributed by atoms with van der Waals surface area (Å²) in [6, 6.07) is 22.5. The second-order valence-corrected chi connectivity index (χ2v) is 6.62. The van der Waals surface area contributed by atoms with E-state index in [0.29, 0.717) is 23.5 Å². The van der Waals surface area contributed by atoms with E-state index in [-0.39, 0.29) is 6.61 Å². The molecule has 0 saturated heterocycles. The lowest BCUT2D eigenvalue weighted by molar-refractivity contribution is 0.282. The predicted molar refractivity (Wildman–Crippen MR) is 110 cm³/mol. The number of hydrogen-bond acceptors (Lipinski definition) is 4. The van der Waals surface area contributed by atoms with Crippen molar-refractivity contribution in [2.45, 2.75) is 13.0 Å². The number of aliphatic hydroxyl groups is 1. The average Bonchev–Trinajstić information content (AvgIpc) is 3.17. The molecule has 0 aliphatic heterocycles. The Morgan fingerprint density at radius 2 is 1.57 bits per heavy atom. The van der Waals surface area contributed by atoms with Gasteiger partial charge in [-0.3, -0.25) is 0 Å². The zero-order valence-electron chi connectivity index (χ0n) is 15.9. The van der Waals surface area contributed by atoms with E-state index < -0.39 is 0 Å². The second-order valence-electron chi connectivity index (χ2n) is 6.62. The molecule has 0 saturated carbocycles. The molecule has 1 heterocycles. The monoisotopic (exact) mass is 374 g/mol. The normalized spacial score (nSPS) is 11.0. The molecule has 28 heavy (non-hydrogen) atoms. The Bertz CT molecular complexity index is 1080. The molecule has 4 rings (SSSR count). The standard InChI is InChI=1S/C24H22O4/c1-26-22-13-19(15-25)21-14-20(28-23(21)24(22)27-2)12-16-8-10-18(11-9-16)17-6-4-3-5-7-17/h3-11,13-14,25H,12,15H2,1-2H3. The van der Waals surface area contributed by atoms with Gasteiger partial charge in [0.25, 0.3) is 0 Å². The largest absolute Gasteiger partial charge is 0.493 e. The van der Waals surface area contributed by atoms with Crippen LogP contribution in [-0.4, -0.2) is 19.3 Å². The van der Waals surface area contributed by atoms with Crippen molar-refractivity contribution in [2.75, 3.05) is 14.2 Å². The molecule has 0 unspecified atom stereocenters. The maximum absolute atomic E-state index is 9.72. The molecule has 4 heteroatoms. The third-order valence-corrected chi connectivity index (χ3v) is 4.90. The van der Waals surface area contributed by atoms with Crippen molar-refractivity contribution in [3.05, 3.63) is 83.6 Å². The van der Waals surface area contributed by atoms with Crippen LogP contribution in [0.5, 0.6) is 11.5 Å². The summed E-state index contributed by atoms with van der Waals surface area (Å²) in [4.78, 5) is 0. The molecule has 0 radical (unpaired) electrons. The van der Waals surface area contributed by atoms with Crippen LogP contribution in [0.1, 0.15) is 16.9 Å². The zero-order valence-corrected chi connectivity index (χ0v) is 15.9. The number of benzene rings is 3. The van der Waals surface area contributed by atoms with E-state index in [1.165, 1.54) is 11.1 Å². The summed E-state index contributed by atoms with van der Waals surface area (Å²) in [5.74, 6) is 1.90. The van der Waals surface area contributed by atoms with Crippen LogP contribution in [0.4, 0.5) is 0 Å². The van der Waals surface area contributed by atoms with Crippen LogP contribution in [0.15, 0.2) is 71.1 Å². The van der Waals surface area contributed by atoms with E-state index in [0.717, 1.165) is 22.3 Å². The van der Waals surface area contributed by atoms with Crippen LogP contribution >= 0.6 is 0 Å². The number of ether oxygens (including phenoxy) is 2. The molecule has 1 aromatic heterocycles. The van der Waals surface area contributed by atoms with Crippen molar-refractivity contribution >= 4 is 11.0 Å². The molecule has 0 aliphatic carbocycles. The quantitative estimate of drug-likeness (QED) is 0.504. The van der Waals surface area contributed by atoms with E-state index in [4.69, 9.17) is 13.9 Å². The maximum Gasteiger partial charge on any atom is 0.204 e. The van der Waals surface area contributed by atoms with Gasteiger partial charge in [0.15, 0.2) is 11.3 Å². The number of methoxy groups -OCH3 is 2. The summed E-state index contributed by atoms with van der Waals surface area (Å²) in [7, 11) is 3.16. The Hall–Kier alpha value is -3.24. The lowest BCUT2D eigenvalue weighted by atomic mass is 10.0. The molecule has 0 aliphatic rings. The first-order chi connectivity index (χ1) is 13.7. The van der Waals surface area contributed by atoms with Gasteiger partial charge >= 0.3 is 0 Å². The first-order valence-electron chi connectivity index (χ1n) is 9.15. The van der Waals surface area contributed by atoms with Crippen LogP contribution in [0, 0.1) is 0 Å². The number of rotatable bonds is 6. The molecule has 3 aromatic carbocycles. The number of furan rings is 1. The number of aliphatic hydroxyl groups excluding tert-OH is 1. The molecule has 4 aromatic rings. The average molecular weight is 374 g/mol. The van der Waals surface area contributed by atoms with Crippen LogP contribution in [0.2, 0.25) is 0 Å². The molecule has 0 atom stereocenters. The van der Waals surface area contributed by atoms with Crippen molar-refractivity contribution in [3.63, 3.8) is 0 Å². The Morgan fingerprint density at radius 1 is 0.857 bits per heavy atom. The third kappa shape index (κ3) is 3.35. The van der Waals surface area contributed by atoms with E-state index >= 15 is 0 Å². The van der Waals surface area contributed by atoms with Gasteiger partial charge in [-0.25, -0.2) is 0 Å². The van der Waals surface area contributed by atoms with Crippen molar-refractivity contribution < 1.29 is 19.0 Å². The summed E-state index contributed by atoms with van der Waals surface area (Å²) in [5, 5.41) is 10.6. The van der Waals surface area contributed by atoms with Gasteiger partial charge in [0.2, 0.25) is 5.75 Å². The van der Waals surface area contributed by atoms with E-state index in [1.54, 1.807) is 20.3 Å². The topological polar surface area (TPSA) is 51.8 Å². The molecular formula is C24H22O4. The Labute approximate surface area is 164 Å². The molecule has 0 fully saturated rings. The minimum absolute atomic E-state index is 0.0956. The van der Waals surface area contributed by atoms with Crippen LogP contribution in [-0.2, 0) is 13.0 Å². The number of fused-ring (bicyclic) bond motifs is 1. The highest BCUT2D eigenvalue weighted by Gasteiger charge is 2.18. The Kier molecular flexibility index (Phi) is 5.04. The fourth-order valence-corrected chi connectivity index (χ4v) is 3.47.